The lowest BCUT2D eigenvalue weighted by molar-refractivity contribution is 0.384. The van der Waals surface area contributed by atoms with E-state index in [1.165, 1.54) is 33.9 Å². The standard InChI is InChI=1S/C35H46N2O3P2/c1-21-13-14-22(2)36(21)41-39-29-19-25(33(5,6)7)17-27-31(29)38-32-28(35(27,11)12)18-26(34(8,9)10)20-30(32)40-42-37-23(3)15-16-24(37)4/h13-20,41-42H,1-12H3. The summed E-state index contributed by atoms with van der Waals surface area (Å²) in [7, 11) is 0.226. The zero-order valence-electron chi connectivity index (χ0n) is 27.2. The largest absolute Gasteiger partial charge is 0.451 e. The van der Waals surface area contributed by atoms with Gasteiger partial charge in [0, 0.05) is 39.3 Å². The summed E-state index contributed by atoms with van der Waals surface area (Å²) in [5.74, 6) is 3.10. The topological polar surface area (TPSA) is 37.6 Å². The summed E-state index contributed by atoms with van der Waals surface area (Å²) in [5.41, 5.74) is 9.01. The molecule has 0 amide bonds. The lowest BCUT2D eigenvalue weighted by atomic mass is 9.72. The first kappa shape index (κ1) is 30.7. The van der Waals surface area contributed by atoms with Crippen molar-refractivity contribution in [1.29, 1.82) is 0 Å². The Balaban J connectivity index is 1.66. The molecule has 0 radical (unpaired) electrons. The third-order valence-electron chi connectivity index (χ3n) is 8.43. The first-order valence-electron chi connectivity index (χ1n) is 14.7. The molecule has 0 spiro atoms. The van der Waals surface area contributed by atoms with Crippen molar-refractivity contribution in [3.63, 3.8) is 0 Å². The number of benzene rings is 2. The normalized spacial score (nSPS) is 14.9. The Hall–Kier alpha value is -2.74. The van der Waals surface area contributed by atoms with E-state index in [1.807, 2.05) is 0 Å². The number of hydrogen-bond donors (Lipinski definition) is 0. The van der Waals surface area contributed by atoms with E-state index in [2.05, 4.69) is 140 Å². The molecule has 5 rings (SSSR count). The van der Waals surface area contributed by atoms with Crippen LogP contribution in [-0.4, -0.2) is 8.68 Å². The summed E-state index contributed by atoms with van der Waals surface area (Å²) in [6, 6.07) is 17.5. The second-order valence-corrected chi connectivity index (χ2v) is 15.9. The maximum absolute atomic E-state index is 6.91. The molecule has 0 N–H and O–H groups in total. The third-order valence-corrected chi connectivity index (χ3v) is 10.8. The van der Waals surface area contributed by atoms with Gasteiger partial charge in [-0.05, 0) is 86.1 Å². The first-order chi connectivity index (χ1) is 19.5. The van der Waals surface area contributed by atoms with E-state index < -0.39 is 0 Å². The number of rotatable bonds is 6. The molecular formula is C35H46N2O3P2. The molecule has 0 bridgehead atoms. The van der Waals surface area contributed by atoms with Crippen molar-refractivity contribution in [1.82, 2.24) is 8.68 Å². The minimum absolute atomic E-state index is 0.0545. The molecule has 0 fully saturated rings. The number of aromatic nitrogens is 2. The molecule has 2 aromatic heterocycles. The highest BCUT2D eigenvalue weighted by Crippen LogP contribution is 2.57. The van der Waals surface area contributed by atoms with Gasteiger partial charge in [-0.1, -0.05) is 67.5 Å². The van der Waals surface area contributed by atoms with Crippen molar-refractivity contribution in [2.45, 2.75) is 99.3 Å². The molecule has 2 unspecified atom stereocenters. The Labute approximate surface area is 255 Å². The van der Waals surface area contributed by atoms with Crippen LogP contribution in [0.2, 0.25) is 0 Å². The van der Waals surface area contributed by atoms with E-state index in [0.29, 0.717) is 0 Å². The van der Waals surface area contributed by atoms with E-state index in [4.69, 9.17) is 13.8 Å². The summed E-state index contributed by atoms with van der Waals surface area (Å²) in [4.78, 5) is 0. The van der Waals surface area contributed by atoms with Crippen LogP contribution in [0.3, 0.4) is 0 Å². The molecule has 4 aromatic rings. The van der Waals surface area contributed by atoms with Crippen LogP contribution in [0, 0.1) is 27.7 Å². The molecule has 3 heterocycles. The molecule has 2 atom stereocenters. The number of nitrogens with zero attached hydrogens (tertiary/aromatic N) is 2. The van der Waals surface area contributed by atoms with Gasteiger partial charge in [0.2, 0.25) is 0 Å². The Morgan fingerprint density at radius 1 is 0.595 bits per heavy atom. The first-order valence-corrected chi connectivity index (χ1v) is 16.4. The van der Waals surface area contributed by atoms with Gasteiger partial charge in [-0.15, -0.1) is 0 Å². The van der Waals surface area contributed by atoms with E-state index in [-0.39, 0.29) is 34.2 Å². The minimum Gasteiger partial charge on any atom is -0.451 e. The number of aryl methyl sites for hydroxylation is 4. The van der Waals surface area contributed by atoms with Crippen LogP contribution in [0.5, 0.6) is 23.0 Å². The minimum atomic E-state index is -0.341. The fraction of sp³-hybridized carbons (Fsp3) is 0.429. The van der Waals surface area contributed by atoms with E-state index in [0.717, 1.165) is 34.1 Å². The smallest absolute Gasteiger partial charge is 0.181 e. The Kier molecular flexibility index (Phi) is 7.87. The summed E-state index contributed by atoms with van der Waals surface area (Å²) < 4.78 is 24.6. The van der Waals surface area contributed by atoms with Crippen LogP contribution in [-0.2, 0) is 16.2 Å². The molecule has 1 aliphatic heterocycles. The molecule has 0 saturated heterocycles. The van der Waals surface area contributed by atoms with Crippen LogP contribution in [0.4, 0.5) is 0 Å². The SMILES string of the molecule is Cc1ccc(C)n1POc1cc(C(C)(C)C)cc2c1Oc1c(OPn3c(C)ccc3C)cc(C(C)(C)C)cc1C2(C)C. The average Bonchev–Trinajstić information content (AvgIpc) is 3.39. The third kappa shape index (κ3) is 5.63. The van der Waals surface area contributed by atoms with Gasteiger partial charge in [-0.25, -0.2) is 0 Å². The summed E-state index contributed by atoms with van der Waals surface area (Å²) in [6.45, 7) is 26.6. The Morgan fingerprint density at radius 3 is 1.24 bits per heavy atom. The Bertz CT molecular complexity index is 1490. The highest BCUT2D eigenvalue weighted by atomic mass is 31.1. The van der Waals surface area contributed by atoms with E-state index >= 15 is 0 Å². The van der Waals surface area contributed by atoms with Gasteiger partial charge in [-0.2, -0.15) is 0 Å². The lowest BCUT2D eigenvalue weighted by Crippen LogP contribution is -2.27. The van der Waals surface area contributed by atoms with Crippen molar-refractivity contribution >= 4 is 17.9 Å². The van der Waals surface area contributed by atoms with Gasteiger partial charge in [0.15, 0.2) is 40.9 Å². The molecule has 7 heteroatoms. The van der Waals surface area contributed by atoms with Crippen LogP contribution < -0.4 is 13.8 Å². The van der Waals surface area contributed by atoms with Crippen molar-refractivity contribution in [2.24, 2.45) is 0 Å². The summed E-state index contributed by atoms with van der Waals surface area (Å²) in [6.07, 6.45) is 0. The monoisotopic (exact) mass is 604 g/mol. The quantitative estimate of drug-likeness (QED) is 0.206. The highest BCUT2D eigenvalue weighted by molar-refractivity contribution is 7.31. The van der Waals surface area contributed by atoms with Crippen molar-refractivity contribution in [3.05, 3.63) is 93.6 Å². The molecular weight excluding hydrogens is 558 g/mol. The van der Waals surface area contributed by atoms with Crippen LogP contribution >= 0.6 is 17.9 Å². The molecule has 1 aliphatic rings. The van der Waals surface area contributed by atoms with Crippen molar-refractivity contribution in [3.8, 4) is 23.0 Å². The second-order valence-electron chi connectivity index (χ2n) is 14.2. The zero-order valence-corrected chi connectivity index (χ0v) is 29.2. The number of fused-ring (bicyclic) bond motifs is 2. The molecule has 2 aromatic carbocycles. The predicted octanol–water partition coefficient (Wildman–Crippen LogP) is 10.4. The fourth-order valence-corrected chi connectivity index (χ4v) is 6.98. The van der Waals surface area contributed by atoms with Gasteiger partial charge in [-0.3, -0.25) is 8.68 Å². The maximum Gasteiger partial charge on any atom is 0.181 e. The summed E-state index contributed by atoms with van der Waals surface area (Å²) in [5, 5.41) is 0. The fourth-order valence-electron chi connectivity index (χ4n) is 5.42. The van der Waals surface area contributed by atoms with Crippen LogP contribution in [0.1, 0.15) is 100 Å². The molecule has 0 aliphatic carbocycles. The average molecular weight is 605 g/mol. The van der Waals surface area contributed by atoms with Gasteiger partial charge >= 0.3 is 0 Å². The van der Waals surface area contributed by atoms with Crippen molar-refractivity contribution < 1.29 is 13.8 Å². The molecule has 0 saturated carbocycles. The number of ether oxygens (including phenoxy) is 1. The van der Waals surface area contributed by atoms with E-state index in [1.54, 1.807) is 0 Å². The van der Waals surface area contributed by atoms with E-state index in [9.17, 15) is 0 Å². The lowest BCUT2D eigenvalue weighted by Gasteiger charge is -2.38. The van der Waals surface area contributed by atoms with Gasteiger partial charge in [0.25, 0.3) is 0 Å². The maximum atomic E-state index is 6.91. The summed E-state index contributed by atoms with van der Waals surface area (Å²) >= 11 is 0. The highest BCUT2D eigenvalue weighted by Gasteiger charge is 2.40. The van der Waals surface area contributed by atoms with Crippen LogP contribution in [0.15, 0.2) is 48.5 Å². The number of hydrogen-bond acceptors (Lipinski definition) is 3. The predicted molar refractivity (Wildman–Crippen MR) is 179 cm³/mol. The molecule has 224 valence electrons. The second kappa shape index (κ2) is 10.8. The van der Waals surface area contributed by atoms with Crippen molar-refractivity contribution in [2.75, 3.05) is 0 Å². The molecule has 42 heavy (non-hydrogen) atoms. The zero-order chi connectivity index (χ0) is 30.8. The van der Waals surface area contributed by atoms with Gasteiger partial charge in [0.1, 0.15) is 0 Å². The molecule has 5 nitrogen and oxygen atoms in total. The van der Waals surface area contributed by atoms with Gasteiger partial charge in [0.05, 0.1) is 0 Å². The van der Waals surface area contributed by atoms with Gasteiger partial charge < -0.3 is 13.8 Å². The van der Waals surface area contributed by atoms with Crippen LogP contribution in [0.25, 0.3) is 0 Å². The Morgan fingerprint density at radius 2 is 0.929 bits per heavy atom.